The number of ether oxygens (including phenoxy) is 1. The molecule has 0 bridgehead atoms. The molecule has 1 N–H and O–H groups in total. The molecule has 0 amide bonds. The maximum absolute atomic E-state index is 5.22. The SMILES string of the molecule is C#CCN=C(NCC)N1CCC(COC)C1. The summed E-state index contributed by atoms with van der Waals surface area (Å²) in [5, 5.41) is 3.26. The number of hydrogen-bond donors (Lipinski definition) is 1. The first-order valence-electron chi connectivity index (χ1n) is 5.77. The summed E-state index contributed by atoms with van der Waals surface area (Å²) < 4.78 is 5.18. The molecule has 0 aromatic carbocycles. The first kappa shape index (κ1) is 12.9. The molecule has 4 heteroatoms. The summed E-state index contributed by atoms with van der Waals surface area (Å²) in [6, 6.07) is 0. The van der Waals surface area contributed by atoms with E-state index in [0.717, 1.165) is 38.6 Å². The highest BCUT2D eigenvalue weighted by atomic mass is 16.5. The van der Waals surface area contributed by atoms with Gasteiger partial charge in [-0.05, 0) is 13.3 Å². The van der Waals surface area contributed by atoms with E-state index in [9.17, 15) is 0 Å². The van der Waals surface area contributed by atoms with E-state index in [1.54, 1.807) is 7.11 Å². The molecule has 1 aliphatic heterocycles. The zero-order valence-electron chi connectivity index (χ0n) is 10.2. The van der Waals surface area contributed by atoms with E-state index in [1.807, 2.05) is 0 Å². The molecule has 90 valence electrons. The lowest BCUT2D eigenvalue weighted by atomic mass is 10.1. The Morgan fingerprint density at radius 1 is 1.69 bits per heavy atom. The van der Waals surface area contributed by atoms with Crippen LogP contribution in [-0.4, -0.2) is 50.8 Å². The highest BCUT2D eigenvalue weighted by Gasteiger charge is 2.24. The third-order valence-electron chi connectivity index (χ3n) is 2.64. The van der Waals surface area contributed by atoms with Gasteiger partial charge in [0.05, 0.1) is 6.61 Å². The van der Waals surface area contributed by atoms with Gasteiger partial charge in [-0.25, -0.2) is 4.99 Å². The molecule has 1 atom stereocenters. The molecule has 1 fully saturated rings. The van der Waals surface area contributed by atoms with Crippen molar-refractivity contribution in [1.29, 1.82) is 0 Å². The van der Waals surface area contributed by atoms with Crippen molar-refractivity contribution in [2.24, 2.45) is 10.9 Å². The lowest BCUT2D eigenvalue weighted by molar-refractivity contribution is 0.157. The van der Waals surface area contributed by atoms with Crippen LogP contribution in [0.1, 0.15) is 13.3 Å². The van der Waals surface area contributed by atoms with Gasteiger partial charge >= 0.3 is 0 Å². The summed E-state index contributed by atoms with van der Waals surface area (Å²) in [5.41, 5.74) is 0. The van der Waals surface area contributed by atoms with Gasteiger partial charge in [0.25, 0.3) is 0 Å². The number of methoxy groups -OCH3 is 1. The minimum atomic E-state index is 0.438. The third-order valence-corrected chi connectivity index (χ3v) is 2.64. The summed E-state index contributed by atoms with van der Waals surface area (Å²) in [6.07, 6.45) is 6.38. The molecule has 4 nitrogen and oxygen atoms in total. The summed E-state index contributed by atoms with van der Waals surface area (Å²) in [5.74, 6) is 4.08. The lowest BCUT2D eigenvalue weighted by Gasteiger charge is -2.21. The molecule has 0 saturated carbocycles. The van der Waals surface area contributed by atoms with Crippen molar-refractivity contribution in [2.45, 2.75) is 13.3 Å². The minimum Gasteiger partial charge on any atom is -0.384 e. The molecule has 16 heavy (non-hydrogen) atoms. The largest absolute Gasteiger partial charge is 0.384 e. The van der Waals surface area contributed by atoms with E-state index in [2.05, 4.69) is 28.1 Å². The second-order valence-electron chi connectivity index (χ2n) is 3.93. The molecule has 0 spiro atoms. The first-order valence-corrected chi connectivity index (χ1v) is 5.77. The zero-order valence-corrected chi connectivity index (χ0v) is 10.2. The van der Waals surface area contributed by atoms with E-state index in [4.69, 9.17) is 11.2 Å². The Labute approximate surface area is 98.1 Å². The Morgan fingerprint density at radius 2 is 2.50 bits per heavy atom. The maximum Gasteiger partial charge on any atom is 0.194 e. The second kappa shape index (κ2) is 7.13. The predicted molar refractivity (Wildman–Crippen MR) is 66.4 cm³/mol. The van der Waals surface area contributed by atoms with Gasteiger partial charge in [-0.2, -0.15) is 0 Å². The van der Waals surface area contributed by atoms with Crippen LogP contribution >= 0.6 is 0 Å². The standard InChI is InChI=1S/C12H21N3O/c1-4-7-14-12(13-5-2)15-8-6-11(9-15)10-16-3/h1,11H,5-10H2,2-3H3,(H,13,14). The van der Waals surface area contributed by atoms with Gasteiger partial charge in [-0.15, -0.1) is 6.42 Å². The normalized spacial score (nSPS) is 20.9. The van der Waals surface area contributed by atoms with Crippen LogP contribution in [0.2, 0.25) is 0 Å². The monoisotopic (exact) mass is 223 g/mol. The number of likely N-dealkylation sites (tertiary alicyclic amines) is 1. The van der Waals surface area contributed by atoms with Crippen molar-refractivity contribution >= 4 is 5.96 Å². The molecule has 1 unspecified atom stereocenters. The number of guanidine groups is 1. The van der Waals surface area contributed by atoms with Gasteiger partial charge in [-0.3, -0.25) is 0 Å². The van der Waals surface area contributed by atoms with Gasteiger partial charge in [0.15, 0.2) is 5.96 Å². The number of rotatable bonds is 4. The molecule has 0 radical (unpaired) electrons. The fourth-order valence-corrected chi connectivity index (χ4v) is 1.94. The van der Waals surface area contributed by atoms with Crippen molar-refractivity contribution in [3.8, 4) is 12.3 Å². The average molecular weight is 223 g/mol. The number of nitrogens with zero attached hydrogens (tertiary/aromatic N) is 2. The Hall–Kier alpha value is -1.21. The Bertz CT molecular complexity index is 270. The molecule has 1 heterocycles. The van der Waals surface area contributed by atoms with Crippen LogP contribution in [0.5, 0.6) is 0 Å². The Morgan fingerprint density at radius 3 is 3.12 bits per heavy atom. The minimum absolute atomic E-state index is 0.438. The van der Waals surface area contributed by atoms with Gasteiger partial charge in [0, 0.05) is 32.7 Å². The van der Waals surface area contributed by atoms with Crippen molar-refractivity contribution < 1.29 is 4.74 Å². The summed E-state index contributed by atoms with van der Waals surface area (Å²) >= 11 is 0. The van der Waals surface area contributed by atoms with Gasteiger partial charge in [0.1, 0.15) is 6.54 Å². The molecule has 0 aromatic heterocycles. The van der Waals surface area contributed by atoms with Gasteiger partial charge < -0.3 is 15.0 Å². The van der Waals surface area contributed by atoms with Crippen molar-refractivity contribution in [2.75, 3.05) is 39.9 Å². The lowest BCUT2D eigenvalue weighted by Crippen LogP contribution is -2.40. The number of aliphatic imine (C=N–C) groups is 1. The van der Waals surface area contributed by atoms with E-state index in [0.29, 0.717) is 12.5 Å². The average Bonchev–Trinajstić information content (AvgIpc) is 2.73. The van der Waals surface area contributed by atoms with Crippen LogP contribution < -0.4 is 5.32 Å². The smallest absolute Gasteiger partial charge is 0.194 e. The van der Waals surface area contributed by atoms with E-state index in [1.165, 1.54) is 0 Å². The van der Waals surface area contributed by atoms with Gasteiger partial charge in [-0.1, -0.05) is 5.92 Å². The molecular weight excluding hydrogens is 202 g/mol. The van der Waals surface area contributed by atoms with Crippen molar-refractivity contribution in [3.63, 3.8) is 0 Å². The molecule has 0 aliphatic carbocycles. The fraction of sp³-hybridized carbons (Fsp3) is 0.750. The molecule has 1 rings (SSSR count). The van der Waals surface area contributed by atoms with Crippen LogP contribution in [-0.2, 0) is 4.74 Å². The van der Waals surface area contributed by atoms with Gasteiger partial charge in [0.2, 0.25) is 0 Å². The molecule has 1 aliphatic rings. The first-order chi connectivity index (χ1) is 7.81. The Kier molecular flexibility index (Phi) is 5.73. The Balaban J connectivity index is 2.50. The van der Waals surface area contributed by atoms with Crippen molar-refractivity contribution in [3.05, 3.63) is 0 Å². The van der Waals surface area contributed by atoms with Crippen LogP contribution in [0, 0.1) is 18.3 Å². The summed E-state index contributed by atoms with van der Waals surface area (Å²) in [7, 11) is 1.75. The quantitative estimate of drug-likeness (QED) is 0.430. The molecule has 1 saturated heterocycles. The topological polar surface area (TPSA) is 36.9 Å². The van der Waals surface area contributed by atoms with Crippen LogP contribution in [0.25, 0.3) is 0 Å². The van der Waals surface area contributed by atoms with Crippen LogP contribution in [0.15, 0.2) is 4.99 Å². The van der Waals surface area contributed by atoms with Crippen LogP contribution in [0.3, 0.4) is 0 Å². The van der Waals surface area contributed by atoms with E-state index >= 15 is 0 Å². The van der Waals surface area contributed by atoms with E-state index < -0.39 is 0 Å². The van der Waals surface area contributed by atoms with Crippen molar-refractivity contribution in [1.82, 2.24) is 10.2 Å². The number of nitrogens with one attached hydrogen (secondary N) is 1. The van der Waals surface area contributed by atoms with Crippen LogP contribution in [0.4, 0.5) is 0 Å². The van der Waals surface area contributed by atoms with E-state index in [-0.39, 0.29) is 0 Å². The molecular formula is C12H21N3O. The highest BCUT2D eigenvalue weighted by Crippen LogP contribution is 2.16. The fourth-order valence-electron chi connectivity index (χ4n) is 1.94. The third kappa shape index (κ3) is 3.74. The zero-order chi connectivity index (χ0) is 11.8. The summed E-state index contributed by atoms with van der Waals surface area (Å²) in [6.45, 7) is 6.23. The number of terminal acetylenes is 1. The second-order valence-corrected chi connectivity index (χ2v) is 3.93. The maximum atomic E-state index is 5.22. The summed E-state index contributed by atoms with van der Waals surface area (Å²) in [4.78, 5) is 6.62. The molecule has 0 aromatic rings. The highest BCUT2D eigenvalue weighted by molar-refractivity contribution is 5.80. The predicted octanol–water partition coefficient (Wildman–Crippen LogP) is 0.553. The number of hydrogen-bond acceptors (Lipinski definition) is 2.